The number of carbonyl (C=O) groups is 1. The molecule has 6 heteroatoms. The molecule has 0 fully saturated rings. The van der Waals surface area contributed by atoms with Crippen LogP contribution in [0.2, 0.25) is 0 Å². The number of nitrogens with one attached hydrogen (secondary N) is 2. The number of hydrogen-bond donors (Lipinski definition) is 3. The summed E-state index contributed by atoms with van der Waals surface area (Å²) < 4.78 is 17.6. The smallest absolute Gasteiger partial charge is 0.411 e. The number of amides is 1. The summed E-state index contributed by atoms with van der Waals surface area (Å²) in [5, 5.41) is 5.67. The monoisotopic (exact) mass is 379 g/mol. The number of hydrogen-bond acceptors (Lipinski definition) is 4. The highest BCUT2D eigenvalue weighted by molar-refractivity contribution is 5.70. The largest absolute Gasteiger partial charge is 0.450 e. The van der Waals surface area contributed by atoms with Gasteiger partial charge in [-0.15, -0.1) is 0 Å². The van der Waals surface area contributed by atoms with Crippen LogP contribution in [0.25, 0.3) is 0 Å². The lowest BCUT2D eigenvalue weighted by Gasteiger charge is -2.10. The van der Waals surface area contributed by atoms with Gasteiger partial charge in [0.05, 0.1) is 18.0 Å². The molecule has 5 nitrogen and oxygen atoms in total. The Hall–Kier alpha value is -2.76. The second-order valence-electron chi connectivity index (χ2n) is 4.73. The number of allylic oxidation sites excluding steroid dienone is 3. The van der Waals surface area contributed by atoms with Crippen molar-refractivity contribution in [3.8, 4) is 0 Å². The Morgan fingerprint density at radius 3 is 2.26 bits per heavy atom. The van der Waals surface area contributed by atoms with Crippen molar-refractivity contribution in [2.45, 2.75) is 48.1 Å². The van der Waals surface area contributed by atoms with Gasteiger partial charge in [-0.3, -0.25) is 5.32 Å². The van der Waals surface area contributed by atoms with Crippen LogP contribution >= 0.6 is 0 Å². The maximum atomic E-state index is 12.8. The zero-order chi connectivity index (χ0) is 21.2. The molecule has 0 aromatic heterocycles. The van der Waals surface area contributed by atoms with Crippen LogP contribution < -0.4 is 16.4 Å². The molecule has 0 spiro atoms. The van der Waals surface area contributed by atoms with Gasteiger partial charge in [0.1, 0.15) is 5.82 Å². The van der Waals surface area contributed by atoms with Crippen molar-refractivity contribution in [1.82, 2.24) is 10.6 Å². The second-order valence-corrected chi connectivity index (χ2v) is 4.73. The first-order valence-electron chi connectivity index (χ1n) is 9.18. The summed E-state index contributed by atoms with van der Waals surface area (Å²) in [5.74, 6) is -0.270. The van der Waals surface area contributed by atoms with E-state index in [2.05, 4.69) is 17.2 Å². The summed E-state index contributed by atoms with van der Waals surface area (Å²) in [7, 11) is 0. The minimum absolute atomic E-state index is 0.268. The molecule has 1 rings (SSSR count). The van der Waals surface area contributed by atoms with Crippen LogP contribution in [0.4, 0.5) is 9.18 Å². The summed E-state index contributed by atoms with van der Waals surface area (Å²) in [6.07, 6.45) is 2.53. The molecule has 0 radical (unpaired) electrons. The topological polar surface area (TPSA) is 76.4 Å². The van der Waals surface area contributed by atoms with Crippen molar-refractivity contribution < 1.29 is 13.9 Å². The average molecular weight is 380 g/mol. The molecule has 0 saturated carbocycles. The van der Waals surface area contributed by atoms with Gasteiger partial charge in [0.25, 0.3) is 0 Å². The summed E-state index contributed by atoms with van der Waals surface area (Å²) >= 11 is 0. The first-order chi connectivity index (χ1) is 13.0. The molecule has 27 heavy (non-hydrogen) atoms. The van der Waals surface area contributed by atoms with E-state index < -0.39 is 6.09 Å². The summed E-state index contributed by atoms with van der Waals surface area (Å²) in [4.78, 5) is 11.4. The maximum absolute atomic E-state index is 12.8. The molecular weight excluding hydrogens is 345 g/mol. The number of nitrogens with two attached hydrogens (primary N) is 1. The molecule has 0 aliphatic heterocycles. The van der Waals surface area contributed by atoms with Crippen molar-refractivity contribution in [1.29, 1.82) is 0 Å². The quantitative estimate of drug-likeness (QED) is 0.584. The highest BCUT2D eigenvalue weighted by Crippen LogP contribution is 2.05. The lowest BCUT2D eigenvalue weighted by Crippen LogP contribution is -2.25. The Morgan fingerprint density at radius 2 is 1.78 bits per heavy atom. The standard InChI is InChI=1S/C17H22FN3O2.2C2H6/c1-4-16(21-17(22)23-5-2)15(19)10-12(3)20-11-13-6-8-14(18)9-7-13;2*1-2/h4,6-10,20H,1,5,11,19H2,2-3H3,(H,21,22);2*1-2H3/b12-10+,16-15-;;. The third-order valence-electron chi connectivity index (χ3n) is 2.88. The van der Waals surface area contributed by atoms with E-state index in [0.29, 0.717) is 17.9 Å². The normalized spacial score (nSPS) is 10.9. The molecule has 0 unspecified atom stereocenters. The van der Waals surface area contributed by atoms with Gasteiger partial charge in [0, 0.05) is 12.2 Å². The zero-order valence-corrected chi connectivity index (χ0v) is 17.4. The van der Waals surface area contributed by atoms with E-state index in [0.717, 1.165) is 11.3 Å². The first-order valence-corrected chi connectivity index (χ1v) is 9.18. The molecule has 152 valence electrons. The molecule has 0 heterocycles. The Morgan fingerprint density at radius 1 is 1.22 bits per heavy atom. The van der Waals surface area contributed by atoms with Crippen molar-refractivity contribution in [3.05, 3.63) is 71.5 Å². The van der Waals surface area contributed by atoms with Gasteiger partial charge in [-0.2, -0.15) is 0 Å². The molecule has 0 aliphatic rings. The van der Waals surface area contributed by atoms with Gasteiger partial charge >= 0.3 is 6.09 Å². The summed E-state index contributed by atoms with van der Waals surface area (Å²) in [5.41, 5.74) is 8.38. The van der Waals surface area contributed by atoms with E-state index in [4.69, 9.17) is 10.5 Å². The second kappa shape index (κ2) is 16.7. The van der Waals surface area contributed by atoms with Crippen molar-refractivity contribution in [2.24, 2.45) is 5.73 Å². The average Bonchev–Trinajstić information content (AvgIpc) is 2.69. The van der Waals surface area contributed by atoms with Crippen LogP contribution in [-0.4, -0.2) is 12.7 Å². The molecule has 1 amide bonds. The van der Waals surface area contributed by atoms with Crippen LogP contribution in [0.5, 0.6) is 0 Å². The molecule has 0 aliphatic carbocycles. The maximum Gasteiger partial charge on any atom is 0.411 e. The highest BCUT2D eigenvalue weighted by atomic mass is 19.1. The molecule has 1 aromatic rings. The van der Waals surface area contributed by atoms with E-state index in [-0.39, 0.29) is 12.4 Å². The lowest BCUT2D eigenvalue weighted by atomic mass is 10.2. The Kier molecular flexibility index (Phi) is 16.4. The van der Waals surface area contributed by atoms with Crippen LogP contribution in [0, 0.1) is 5.82 Å². The molecule has 0 bridgehead atoms. The van der Waals surface area contributed by atoms with Crippen LogP contribution in [-0.2, 0) is 11.3 Å². The number of ether oxygens (including phenoxy) is 1. The van der Waals surface area contributed by atoms with E-state index in [1.165, 1.54) is 18.2 Å². The van der Waals surface area contributed by atoms with E-state index >= 15 is 0 Å². The van der Waals surface area contributed by atoms with Crippen molar-refractivity contribution in [2.75, 3.05) is 6.61 Å². The number of rotatable bonds is 7. The Labute approximate surface area is 163 Å². The van der Waals surface area contributed by atoms with Gasteiger partial charge in [0.2, 0.25) is 0 Å². The molecule has 0 atom stereocenters. The summed E-state index contributed by atoms with van der Waals surface area (Å²) in [6.45, 7) is 16.0. The number of benzene rings is 1. The number of alkyl carbamates (subject to hydrolysis) is 1. The summed E-state index contributed by atoms with van der Waals surface area (Å²) in [6, 6.07) is 6.21. The van der Waals surface area contributed by atoms with E-state index in [1.807, 2.05) is 34.6 Å². The Bertz CT molecular complexity index is 608. The van der Waals surface area contributed by atoms with Crippen LogP contribution in [0.15, 0.2) is 60.1 Å². The van der Waals surface area contributed by atoms with Crippen LogP contribution in [0.3, 0.4) is 0 Å². The first kappa shape index (κ1) is 26.5. The van der Waals surface area contributed by atoms with Gasteiger partial charge in [-0.25, -0.2) is 9.18 Å². The minimum atomic E-state index is -0.587. The SMILES string of the molecule is C=C/C(NC(=O)OCC)=C(N)\C=C(/C)NCc1ccc(F)cc1.CC.CC. The number of carbonyl (C=O) groups excluding carboxylic acids is 1. The van der Waals surface area contributed by atoms with Crippen molar-refractivity contribution in [3.63, 3.8) is 0 Å². The van der Waals surface area contributed by atoms with Crippen molar-refractivity contribution >= 4 is 6.09 Å². The number of halogens is 1. The fourth-order valence-corrected chi connectivity index (χ4v) is 1.72. The van der Waals surface area contributed by atoms with Gasteiger partial charge in [0.15, 0.2) is 0 Å². The van der Waals surface area contributed by atoms with Gasteiger partial charge in [-0.05, 0) is 43.7 Å². The van der Waals surface area contributed by atoms with E-state index in [1.54, 1.807) is 25.1 Å². The van der Waals surface area contributed by atoms with Gasteiger partial charge in [-0.1, -0.05) is 46.4 Å². The third kappa shape index (κ3) is 12.3. The molecule has 4 N–H and O–H groups in total. The highest BCUT2D eigenvalue weighted by Gasteiger charge is 2.05. The van der Waals surface area contributed by atoms with Crippen LogP contribution in [0.1, 0.15) is 47.1 Å². The Balaban J connectivity index is 0. The fourth-order valence-electron chi connectivity index (χ4n) is 1.72. The fraction of sp³-hybridized carbons (Fsp3) is 0.381. The molecule has 1 aromatic carbocycles. The van der Waals surface area contributed by atoms with E-state index in [9.17, 15) is 9.18 Å². The molecular formula is C21H34FN3O2. The lowest BCUT2D eigenvalue weighted by molar-refractivity contribution is 0.155. The zero-order valence-electron chi connectivity index (χ0n) is 17.4. The predicted octanol–water partition coefficient (Wildman–Crippen LogP) is 4.97. The predicted molar refractivity (Wildman–Crippen MR) is 111 cm³/mol. The third-order valence-corrected chi connectivity index (χ3v) is 2.88. The van der Waals surface area contributed by atoms with Gasteiger partial charge < -0.3 is 15.8 Å². The molecule has 0 saturated heterocycles. The minimum Gasteiger partial charge on any atom is -0.450 e.